The Kier molecular flexibility index (Phi) is 3.16. The number of imide groups is 1. The van der Waals surface area contributed by atoms with Gasteiger partial charge in [0.15, 0.2) is 5.41 Å². The second-order valence-electron chi connectivity index (χ2n) is 5.90. The van der Waals surface area contributed by atoms with Crippen molar-refractivity contribution in [1.82, 2.24) is 4.90 Å². The zero-order valence-electron chi connectivity index (χ0n) is 12.0. The zero-order valence-corrected chi connectivity index (χ0v) is 12.0. The second-order valence-corrected chi connectivity index (χ2v) is 5.90. The first-order chi connectivity index (χ1) is 10.3. The highest BCUT2D eigenvalue weighted by Crippen LogP contribution is 2.37. The summed E-state index contributed by atoms with van der Waals surface area (Å²) in [6.07, 6.45) is 1.60. The third-order valence-corrected chi connectivity index (χ3v) is 4.14. The molecule has 2 aliphatic rings. The molecule has 0 bridgehead atoms. The number of benzene rings is 1. The van der Waals surface area contributed by atoms with Gasteiger partial charge in [-0.25, -0.2) is 14.1 Å². The number of carbonyl (C=O) groups is 3. The summed E-state index contributed by atoms with van der Waals surface area (Å²) in [5.74, 6) is -2.57. The summed E-state index contributed by atoms with van der Waals surface area (Å²) < 4.78 is 13.1. The van der Waals surface area contributed by atoms with E-state index in [4.69, 9.17) is 0 Å². The number of amides is 3. The smallest absolute Gasteiger partial charge is 0.331 e. The summed E-state index contributed by atoms with van der Waals surface area (Å²) in [6.45, 7) is 1.18. The number of carboxylic acid groups (broad SMARTS) is 1. The number of halogens is 1. The molecule has 1 aromatic carbocycles. The average Bonchev–Trinajstić information content (AvgIpc) is 3.29. The van der Waals surface area contributed by atoms with E-state index in [9.17, 15) is 23.9 Å². The quantitative estimate of drug-likeness (QED) is 0.864. The molecule has 2 fully saturated rings. The Morgan fingerprint density at radius 2 is 1.86 bits per heavy atom. The third kappa shape index (κ3) is 2.13. The van der Waals surface area contributed by atoms with Crippen LogP contribution < -0.4 is 4.90 Å². The number of aliphatic carboxylic acids is 1. The maximum absolute atomic E-state index is 13.1. The summed E-state index contributed by atoms with van der Waals surface area (Å²) in [5, 5.41) is 9.44. The van der Waals surface area contributed by atoms with Crippen molar-refractivity contribution in [1.29, 1.82) is 0 Å². The van der Waals surface area contributed by atoms with Crippen molar-refractivity contribution in [3.05, 3.63) is 30.1 Å². The van der Waals surface area contributed by atoms with Crippen LogP contribution in [0.5, 0.6) is 0 Å². The van der Waals surface area contributed by atoms with E-state index in [1.165, 1.54) is 24.0 Å². The van der Waals surface area contributed by atoms with Gasteiger partial charge in [0.2, 0.25) is 0 Å². The van der Waals surface area contributed by atoms with E-state index >= 15 is 0 Å². The SMILES string of the molecule is CC1(C(=O)O)CN(C2CC2)C(=O)N(c2ccc(F)cc2)C1=O. The third-order valence-electron chi connectivity index (χ3n) is 4.14. The lowest BCUT2D eigenvalue weighted by Gasteiger charge is -2.42. The minimum atomic E-state index is -1.70. The fourth-order valence-corrected chi connectivity index (χ4v) is 2.59. The molecule has 3 amide bonds. The van der Waals surface area contributed by atoms with Crippen molar-refractivity contribution in [3.8, 4) is 0 Å². The molecule has 1 saturated carbocycles. The minimum Gasteiger partial charge on any atom is -0.480 e. The maximum atomic E-state index is 13.1. The summed E-state index contributed by atoms with van der Waals surface area (Å²) in [4.78, 5) is 39.0. The fraction of sp³-hybridized carbons (Fsp3) is 0.400. The van der Waals surface area contributed by atoms with E-state index in [2.05, 4.69) is 0 Å². The first kappa shape index (κ1) is 14.5. The molecule has 1 atom stereocenters. The highest BCUT2D eigenvalue weighted by atomic mass is 19.1. The highest BCUT2D eigenvalue weighted by Gasteiger charge is 2.55. The van der Waals surface area contributed by atoms with Crippen molar-refractivity contribution in [2.24, 2.45) is 5.41 Å². The van der Waals surface area contributed by atoms with Crippen LogP contribution in [0.2, 0.25) is 0 Å². The molecule has 0 aromatic heterocycles. The summed E-state index contributed by atoms with van der Waals surface area (Å²) >= 11 is 0. The van der Waals surface area contributed by atoms with Crippen LogP contribution in [-0.2, 0) is 9.59 Å². The lowest BCUT2D eigenvalue weighted by molar-refractivity contribution is -0.155. The van der Waals surface area contributed by atoms with Crippen molar-refractivity contribution in [3.63, 3.8) is 0 Å². The molecule has 22 heavy (non-hydrogen) atoms. The summed E-state index contributed by atoms with van der Waals surface area (Å²) in [7, 11) is 0. The number of urea groups is 1. The van der Waals surface area contributed by atoms with Crippen molar-refractivity contribution < 1.29 is 23.9 Å². The van der Waals surface area contributed by atoms with Crippen molar-refractivity contribution in [2.45, 2.75) is 25.8 Å². The number of hydrogen-bond acceptors (Lipinski definition) is 3. The van der Waals surface area contributed by atoms with Crippen LogP contribution in [0.25, 0.3) is 0 Å². The molecular formula is C15H15FN2O4. The van der Waals surface area contributed by atoms with Gasteiger partial charge in [-0.1, -0.05) is 0 Å². The number of carbonyl (C=O) groups excluding carboxylic acids is 2. The normalized spacial score (nSPS) is 25.5. The topological polar surface area (TPSA) is 77.9 Å². The number of nitrogens with zero attached hydrogens (tertiary/aromatic N) is 2. The fourth-order valence-electron chi connectivity index (χ4n) is 2.59. The summed E-state index contributed by atoms with van der Waals surface area (Å²) in [6, 6.07) is 4.28. The van der Waals surface area contributed by atoms with Gasteiger partial charge < -0.3 is 10.0 Å². The van der Waals surface area contributed by atoms with Gasteiger partial charge in [0, 0.05) is 12.6 Å². The second kappa shape index (κ2) is 4.79. The van der Waals surface area contributed by atoms with Gasteiger partial charge in [0.1, 0.15) is 5.82 Å². The van der Waals surface area contributed by atoms with Crippen LogP contribution in [0.15, 0.2) is 24.3 Å². The molecule has 0 radical (unpaired) electrons. The molecule has 1 saturated heterocycles. The van der Waals surface area contributed by atoms with Crippen LogP contribution in [0.1, 0.15) is 19.8 Å². The largest absolute Gasteiger partial charge is 0.480 e. The molecule has 1 aliphatic heterocycles. The van der Waals surface area contributed by atoms with E-state index in [1.54, 1.807) is 0 Å². The predicted octanol–water partition coefficient (Wildman–Crippen LogP) is 1.85. The lowest BCUT2D eigenvalue weighted by atomic mass is 9.86. The van der Waals surface area contributed by atoms with E-state index in [0.29, 0.717) is 0 Å². The summed E-state index contributed by atoms with van der Waals surface area (Å²) in [5.41, 5.74) is -1.53. The number of carboxylic acids is 1. The standard InChI is InChI=1S/C15H15FN2O4/c1-15(13(20)21)8-17(10-6-7-10)14(22)18(12(15)19)11-4-2-9(16)3-5-11/h2-5,10H,6-8H2,1H3,(H,20,21). The van der Waals surface area contributed by atoms with Gasteiger partial charge in [-0.3, -0.25) is 9.59 Å². The molecule has 7 heteroatoms. The molecule has 1 unspecified atom stereocenters. The maximum Gasteiger partial charge on any atom is 0.331 e. The molecule has 1 heterocycles. The molecule has 1 aliphatic carbocycles. The van der Waals surface area contributed by atoms with Gasteiger partial charge in [-0.05, 0) is 44.0 Å². The van der Waals surface area contributed by atoms with Gasteiger partial charge in [0.05, 0.1) is 5.69 Å². The first-order valence-corrected chi connectivity index (χ1v) is 6.99. The van der Waals surface area contributed by atoms with Crippen LogP contribution in [0, 0.1) is 11.2 Å². The number of hydrogen-bond donors (Lipinski definition) is 1. The molecule has 1 N–H and O–H groups in total. The van der Waals surface area contributed by atoms with Gasteiger partial charge >= 0.3 is 12.0 Å². The Morgan fingerprint density at radius 1 is 1.27 bits per heavy atom. The molecule has 6 nitrogen and oxygen atoms in total. The van der Waals surface area contributed by atoms with Crippen LogP contribution in [0.4, 0.5) is 14.9 Å². The number of rotatable bonds is 3. The van der Waals surface area contributed by atoms with E-state index < -0.39 is 29.1 Å². The molecule has 0 spiro atoms. The van der Waals surface area contributed by atoms with E-state index in [-0.39, 0.29) is 18.3 Å². The Morgan fingerprint density at radius 3 is 2.36 bits per heavy atom. The molecule has 116 valence electrons. The van der Waals surface area contributed by atoms with E-state index in [0.717, 1.165) is 29.9 Å². The predicted molar refractivity (Wildman–Crippen MR) is 74.8 cm³/mol. The Labute approximate surface area is 126 Å². The Bertz CT molecular complexity index is 656. The Hall–Kier alpha value is -2.44. The molecular weight excluding hydrogens is 291 g/mol. The van der Waals surface area contributed by atoms with Gasteiger partial charge in [-0.2, -0.15) is 0 Å². The minimum absolute atomic E-state index is 0.0257. The lowest BCUT2D eigenvalue weighted by Crippen LogP contribution is -2.64. The van der Waals surface area contributed by atoms with Crippen LogP contribution >= 0.6 is 0 Å². The van der Waals surface area contributed by atoms with Gasteiger partial charge in [-0.15, -0.1) is 0 Å². The van der Waals surface area contributed by atoms with E-state index in [1.807, 2.05) is 0 Å². The van der Waals surface area contributed by atoms with Gasteiger partial charge in [0.25, 0.3) is 5.91 Å². The zero-order chi connectivity index (χ0) is 16.1. The Balaban J connectivity index is 2.04. The highest BCUT2D eigenvalue weighted by molar-refractivity contribution is 6.23. The first-order valence-electron chi connectivity index (χ1n) is 6.99. The van der Waals surface area contributed by atoms with Crippen molar-refractivity contribution >= 4 is 23.6 Å². The number of anilines is 1. The molecule has 1 aromatic rings. The van der Waals surface area contributed by atoms with Crippen LogP contribution in [0.3, 0.4) is 0 Å². The van der Waals surface area contributed by atoms with Crippen molar-refractivity contribution in [2.75, 3.05) is 11.4 Å². The molecule has 3 rings (SSSR count). The monoisotopic (exact) mass is 306 g/mol. The van der Waals surface area contributed by atoms with Crippen LogP contribution in [-0.4, -0.2) is 40.5 Å². The average molecular weight is 306 g/mol.